The molecule has 21 heteroatoms. The maximum absolute atomic E-state index is 13.4. The molecule has 0 spiro atoms. The van der Waals surface area contributed by atoms with E-state index >= 15 is 0 Å². The summed E-state index contributed by atoms with van der Waals surface area (Å²) in [6.07, 6.45) is -16.9. The number of likely N-dealkylation sites (N-methyl/N-ethyl adjacent to an activating group) is 3. The van der Waals surface area contributed by atoms with Gasteiger partial charge in [-0.3, -0.25) is 33.7 Å². The lowest BCUT2D eigenvalue weighted by molar-refractivity contribution is -0.144. The van der Waals surface area contributed by atoms with E-state index in [4.69, 9.17) is 10.2 Å². The molecule has 0 bridgehead atoms. The highest BCUT2D eigenvalue weighted by molar-refractivity contribution is 6.06. The summed E-state index contributed by atoms with van der Waals surface area (Å²) < 4.78 is 0. The molecule has 0 aromatic rings. The van der Waals surface area contributed by atoms with E-state index in [2.05, 4.69) is 10.6 Å². The first kappa shape index (κ1) is 43.6. The number of carbonyl (C=O) groups excluding carboxylic acids is 6. The van der Waals surface area contributed by atoms with Gasteiger partial charge >= 0.3 is 0 Å². The molecule has 21 nitrogen and oxygen atoms in total. The number of nitrogens with one attached hydrogen (secondary N) is 2. The monoisotopic (exact) mass is 711 g/mol. The fraction of sp³-hybridized carbons (Fsp3) is 0.786. The van der Waals surface area contributed by atoms with E-state index in [-0.39, 0.29) is 6.42 Å². The van der Waals surface area contributed by atoms with Gasteiger partial charge in [-0.05, 0) is 0 Å². The molecule has 0 aromatic heterocycles. The first-order valence-corrected chi connectivity index (χ1v) is 15.2. The molecule has 282 valence electrons. The number of carbonyl (C=O) groups is 6. The smallest absolute Gasteiger partial charge is 0.252 e. The summed E-state index contributed by atoms with van der Waals surface area (Å²) in [5.74, 6) is -6.12. The summed E-state index contributed by atoms with van der Waals surface area (Å²) in [7, 11) is 3.52. The van der Waals surface area contributed by atoms with Crippen molar-refractivity contribution in [2.45, 2.75) is 87.1 Å². The van der Waals surface area contributed by atoms with Gasteiger partial charge in [0.25, 0.3) is 5.91 Å². The molecule has 1 heterocycles. The standard InChI is InChI=1S/C28H49N5O16/c1-12(5-20(41)31(2)8-15(36)22(43)24(45)17(38)10-34)26(47)30-13(6-19(40)29-14-7-21(42)33(4)28(14)49)27(48)32(3)9-16(37)23(44)25(46)18(39)11-35/h12-18,22-25,34-39,43-46H,5-11H2,1-4H3,(H,29,40)(H,30,47). The predicted molar refractivity (Wildman–Crippen MR) is 162 cm³/mol. The van der Waals surface area contributed by atoms with E-state index < -0.39 is 141 Å². The van der Waals surface area contributed by atoms with Gasteiger partial charge in [0.2, 0.25) is 29.5 Å². The highest BCUT2D eigenvalue weighted by Gasteiger charge is 2.39. The second kappa shape index (κ2) is 19.7. The average molecular weight is 712 g/mol. The summed E-state index contributed by atoms with van der Waals surface area (Å²) in [6, 6.07) is -2.94. The molecule has 11 atom stereocenters. The second-order valence-electron chi connectivity index (χ2n) is 12.1. The lowest BCUT2D eigenvalue weighted by atomic mass is 10.0. The first-order chi connectivity index (χ1) is 22.7. The lowest BCUT2D eigenvalue weighted by Gasteiger charge is -2.31. The molecule has 49 heavy (non-hydrogen) atoms. The quantitative estimate of drug-likeness (QED) is 0.0522. The van der Waals surface area contributed by atoms with Crippen LogP contribution in [0.5, 0.6) is 0 Å². The zero-order chi connectivity index (χ0) is 37.9. The Morgan fingerprint density at radius 3 is 1.65 bits per heavy atom. The summed E-state index contributed by atoms with van der Waals surface area (Å²) in [6.45, 7) is -1.86. The van der Waals surface area contributed by atoms with Crippen molar-refractivity contribution in [3.63, 3.8) is 0 Å². The maximum Gasteiger partial charge on any atom is 0.252 e. The molecule has 1 aliphatic heterocycles. The number of amides is 6. The molecular formula is C28H49N5O16. The minimum atomic E-state index is -2.04. The Morgan fingerprint density at radius 1 is 0.776 bits per heavy atom. The Balaban J connectivity index is 3.04. The predicted octanol–water partition coefficient (Wildman–Crippen LogP) is -8.45. The van der Waals surface area contributed by atoms with Gasteiger partial charge in [0.05, 0.1) is 26.1 Å². The molecule has 1 aliphatic rings. The molecule has 1 saturated heterocycles. The third-order valence-electron chi connectivity index (χ3n) is 8.02. The van der Waals surface area contributed by atoms with Gasteiger partial charge in [0.15, 0.2) is 0 Å². The van der Waals surface area contributed by atoms with Crippen LogP contribution in [-0.4, -0.2) is 210 Å². The Hall–Kier alpha value is -3.38. The number of nitrogens with zero attached hydrogens (tertiary/aromatic N) is 3. The minimum absolute atomic E-state index is 0.350. The van der Waals surface area contributed by atoms with Crippen LogP contribution in [0.15, 0.2) is 0 Å². The van der Waals surface area contributed by atoms with E-state index in [1.54, 1.807) is 0 Å². The summed E-state index contributed by atoms with van der Waals surface area (Å²) in [5.41, 5.74) is 0. The van der Waals surface area contributed by atoms with Crippen LogP contribution in [0.3, 0.4) is 0 Å². The normalized spacial score (nSPS) is 21.0. The molecule has 0 saturated carbocycles. The Morgan fingerprint density at radius 2 is 1.22 bits per heavy atom. The van der Waals surface area contributed by atoms with Crippen LogP contribution in [-0.2, 0) is 28.8 Å². The topological polar surface area (TPSA) is 339 Å². The van der Waals surface area contributed by atoms with Crippen molar-refractivity contribution >= 4 is 35.4 Å². The van der Waals surface area contributed by atoms with Crippen molar-refractivity contribution in [1.82, 2.24) is 25.3 Å². The lowest BCUT2D eigenvalue weighted by Crippen LogP contribution is -2.55. The molecule has 6 amide bonds. The number of hydrogen-bond donors (Lipinski definition) is 12. The van der Waals surface area contributed by atoms with Crippen LogP contribution in [0.2, 0.25) is 0 Å². The van der Waals surface area contributed by atoms with Gasteiger partial charge in [0, 0.05) is 46.6 Å². The van der Waals surface area contributed by atoms with Gasteiger partial charge in [-0.15, -0.1) is 0 Å². The molecule has 1 fully saturated rings. The number of rotatable bonds is 20. The zero-order valence-electron chi connectivity index (χ0n) is 27.6. The highest BCUT2D eigenvalue weighted by Crippen LogP contribution is 2.14. The highest BCUT2D eigenvalue weighted by atomic mass is 16.4. The molecule has 12 N–H and O–H groups in total. The fourth-order valence-electron chi connectivity index (χ4n) is 4.69. The van der Waals surface area contributed by atoms with Crippen LogP contribution in [0.1, 0.15) is 26.2 Å². The van der Waals surface area contributed by atoms with Crippen molar-refractivity contribution in [1.29, 1.82) is 0 Å². The number of imide groups is 1. The van der Waals surface area contributed by atoms with E-state index in [1.165, 1.54) is 21.0 Å². The number of likely N-dealkylation sites (tertiary alicyclic amines) is 1. The molecule has 0 aromatic carbocycles. The largest absolute Gasteiger partial charge is 0.394 e. The molecule has 1 rings (SSSR count). The molecule has 0 radical (unpaired) electrons. The maximum atomic E-state index is 13.4. The van der Waals surface area contributed by atoms with Gasteiger partial charge in [-0.1, -0.05) is 6.92 Å². The van der Waals surface area contributed by atoms with Crippen LogP contribution in [0.25, 0.3) is 0 Å². The summed E-state index contributed by atoms with van der Waals surface area (Å²) >= 11 is 0. The zero-order valence-corrected chi connectivity index (χ0v) is 27.6. The summed E-state index contributed by atoms with van der Waals surface area (Å²) in [5, 5.41) is 102. The first-order valence-electron chi connectivity index (χ1n) is 15.2. The van der Waals surface area contributed by atoms with Crippen LogP contribution in [0, 0.1) is 5.92 Å². The van der Waals surface area contributed by atoms with Gasteiger partial charge in [0.1, 0.15) is 60.9 Å². The fourth-order valence-corrected chi connectivity index (χ4v) is 4.69. The van der Waals surface area contributed by atoms with Crippen molar-refractivity contribution in [3.05, 3.63) is 0 Å². The van der Waals surface area contributed by atoms with Crippen molar-refractivity contribution in [2.24, 2.45) is 5.92 Å². The number of aliphatic hydroxyl groups excluding tert-OH is 10. The molecule has 11 unspecified atom stereocenters. The molecule has 0 aliphatic carbocycles. The van der Waals surface area contributed by atoms with E-state index in [0.717, 1.165) is 21.7 Å². The van der Waals surface area contributed by atoms with E-state index in [1.807, 2.05) is 0 Å². The SMILES string of the molecule is CC(CC(=O)N(C)CC(O)C(O)C(O)C(O)CO)C(=O)NC(CC(=O)NC1CC(=O)N(C)C1=O)C(=O)N(C)CC(O)C(O)C(O)C(O)CO. The third kappa shape index (κ3) is 12.5. The van der Waals surface area contributed by atoms with E-state index in [0.29, 0.717) is 0 Å². The van der Waals surface area contributed by atoms with Gasteiger partial charge in [-0.25, -0.2) is 0 Å². The van der Waals surface area contributed by atoms with Crippen molar-refractivity contribution in [3.8, 4) is 0 Å². The van der Waals surface area contributed by atoms with Crippen LogP contribution < -0.4 is 10.6 Å². The van der Waals surface area contributed by atoms with Gasteiger partial charge < -0.3 is 71.5 Å². The number of hydrogen-bond acceptors (Lipinski definition) is 16. The number of aliphatic hydroxyl groups is 10. The van der Waals surface area contributed by atoms with Crippen LogP contribution >= 0.6 is 0 Å². The van der Waals surface area contributed by atoms with E-state index in [9.17, 15) is 69.6 Å². The Labute approximate surface area is 281 Å². The van der Waals surface area contributed by atoms with Crippen LogP contribution in [0.4, 0.5) is 0 Å². The van der Waals surface area contributed by atoms with Crippen molar-refractivity contribution < 1.29 is 79.8 Å². The average Bonchev–Trinajstić information content (AvgIpc) is 3.30. The Kier molecular flexibility index (Phi) is 17.6. The van der Waals surface area contributed by atoms with Gasteiger partial charge in [-0.2, -0.15) is 0 Å². The second-order valence-corrected chi connectivity index (χ2v) is 12.1. The third-order valence-corrected chi connectivity index (χ3v) is 8.02. The summed E-state index contributed by atoms with van der Waals surface area (Å²) in [4.78, 5) is 78.7. The van der Waals surface area contributed by atoms with Crippen molar-refractivity contribution in [2.75, 3.05) is 47.4 Å². The minimum Gasteiger partial charge on any atom is -0.394 e. The Bertz CT molecular complexity index is 1160. The molecular weight excluding hydrogens is 662 g/mol.